The fourth-order valence-electron chi connectivity index (χ4n) is 2.39. The maximum atomic E-state index is 11.9. The minimum absolute atomic E-state index is 0.00243. The molecule has 0 radical (unpaired) electrons. The highest BCUT2D eigenvalue weighted by Crippen LogP contribution is 2.27. The number of carbonyl (C=O) groups excluding carboxylic acids is 1. The highest BCUT2D eigenvalue weighted by molar-refractivity contribution is 7.90. The van der Waals surface area contributed by atoms with Crippen LogP contribution in [0.4, 0.5) is 0 Å². The molecule has 0 aromatic carbocycles. The summed E-state index contributed by atoms with van der Waals surface area (Å²) < 4.78 is 26.3. The summed E-state index contributed by atoms with van der Waals surface area (Å²) in [6, 6.07) is 0.405. The van der Waals surface area contributed by atoms with Gasteiger partial charge in [0.2, 0.25) is 15.9 Å². The molecule has 0 spiro atoms. The molecule has 2 N–H and O–H groups in total. The smallest absolute Gasteiger partial charge is 0.223 e. The van der Waals surface area contributed by atoms with Crippen molar-refractivity contribution < 1.29 is 13.2 Å². The summed E-state index contributed by atoms with van der Waals surface area (Å²) in [6.07, 6.45) is 5.29. The summed E-state index contributed by atoms with van der Waals surface area (Å²) in [6.45, 7) is 3.36. The molecule has 0 atom stereocenters. The van der Waals surface area contributed by atoms with Gasteiger partial charge >= 0.3 is 0 Å². The van der Waals surface area contributed by atoms with Crippen LogP contribution in [-0.4, -0.2) is 31.7 Å². The van der Waals surface area contributed by atoms with E-state index in [1.54, 1.807) is 13.8 Å². The molecular formula is C13H24N2O3S. The molecule has 0 unspecified atom stereocenters. The summed E-state index contributed by atoms with van der Waals surface area (Å²) in [5, 5.41) is 2.63. The van der Waals surface area contributed by atoms with Crippen molar-refractivity contribution in [1.29, 1.82) is 0 Å². The van der Waals surface area contributed by atoms with Crippen LogP contribution in [0, 0.1) is 5.92 Å². The van der Waals surface area contributed by atoms with E-state index in [0.29, 0.717) is 6.04 Å². The van der Waals surface area contributed by atoms with E-state index in [0.717, 1.165) is 38.5 Å². The van der Waals surface area contributed by atoms with Crippen molar-refractivity contribution in [1.82, 2.24) is 10.0 Å². The molecule has 2 rings (SSSR count). The Balaban J connectivity index is 1.77. The van der Waals surface area contributed by atoms with Crippen LogP contribution in [-0.2, 0) is 14.8 Å². The second-order valence-corrected chi connectivity index (χ2v) is 8.31. The lowest BCUT2D eigenvalue weighted by Gasteiger charge is -2.28. The van der Waals surface area contributed by atoms with Gasteiger partial charge in [-0.05, 0) is 52.4 Å². The van der Waals surface area contributed by atoms with Crippen LogP contribution < -0.4 is 10.0 Å². The molecule has 19 heavy (non-hydrogen) atoms. The summed E-state index contributed by atoms with van der Waals surface area (Å²) >= 11 is 0. The Morgan fingerprint density at radius 2 is 1.53 bits per heavy atom. The Bertz CT molecular complexity index is 421. The summed E-state index contributed by atoms with van der Waals surface area (Å²) in [5.41, 5.74) is 0. The van der Waals surface area contributed by atoms with Gasteiger partial charge in [-0.3, -0.25) is 4.79 Å². The van der Waals surface area contributed by atoms with Crippen molar-refractivity contribution in [3.8, 4) is 0 Å². The number of amides is 1. The Kier molecular flexibility index (Phi) is 4.50. The molecule has 0 aromatic heterocycles. The van der Waals surface area contributed by atoms with Gasteiger partial charge < -0.3 is 5.32 Å². The molecule has 2 aliphatic rings. The highest BCUT2D eigenvalue weighted by Gasteiger charge is 2.32. The fourth-order valence-corrected chi connectivity index (χ4v) is 3.36. The lowest BCUT2D eigenvalue weighted by atomic mass is 9.86. The van der Waals surface area contributed by atoms with Crippen LogP contribution in [0.25, 0.3) is 0 Å². The van der Waals surface area contributed by atoms with E-state index in [1.165, 1.54) is 0 Å². The Labute approximate surface area is 115 Å². The molecule has 0 aromatic rings. The molecule has 0 aliphatic heterocycles. The molecule has 6 heteroatoms. The van der Waals surface area contributed by atoms with E-state index in [-0.39, 0.29) is 17.9 Å². The van der Waals surface area contributed by atoms with Gasteiger partial charge in [0.05, 0.1) is 5.25 Å². The third-order valence-electron chi connectivity index (χ3n) is 3.97. The number of rotatable bonds is 5. The van der Waals surface area contributed by atoms with Crippen molar-refractivity contribution in [3.05, 3.63) is 0 Å². The minimum Gasteiger partial charge on any atom is -0.353 e. The number of hydrogen-bond donors (Lipinski definition) is 2. The van der Waals surface area contributed by atoms with Crippen molar-refractivity contribution in [2.45, 2.75) is 69.7 Å². The quantitative estimate of drug-likeness (QED) is 0.797. The van der Waals surface area contributed by atoms with Gasteiger partial charge in [0.25, 0.3) is 0 Å². The third kappa shape index (κ3) is 4.18. The second-order valence-electron chi connectivity index (χ2n) is 6.04. The van der Waals surface area contributed by atoms with Crippen molar-refractivity contribution in [2.24, 2.45) is 5.92 Å². The van der Waals surface area contributed by atoms with Crippen LogP contribution in [0.15, 0.2) is 0 Å². The normalized spacial score (nSPS) is 28.4. The van der Waals surface area contributed by atoms with Crippen LogP contribution in [0.1, 0.15) is 52.4 Å². The van der Waals surface area contributed by atoms with Crippen LogP contribution in [0.3, 0.4) is 0 Å². The number of nitrogens with one attached hydrogen (secondary N) is 2. The van der Waals surface area contributed by atoms with Gasteiger partial charge in [0.1, 0.15) is 0 Å². The largest absolute Gasteiger partial charge is 0.353 e. The van der Waals surface area contributed by atoms with E-state index >= 15 is 0 Å². The van der Waals surface area contributed by atoms with Gasteiger partial charge in [-0.15, -0.1) is 0 Å². The maximum absolute atomic E-state index is 11.9. The number of carbonyl (C=O) groups is 1. The van der Waals surface area contributed by atoms with Gasteiger partial charge in [0, 0.05) is 18.0 Å². The highest BCUT2D eigenvalue weighted by atomic mass is 32.2. The lowest BCUT2D eigenvalue weighted by molar-refractivity contribution is -0.126. The molecule has 5 nitrogen and oxygen atoms in total. The number of hydrogen-bond acceptors (Lipinski definition) is 3. The SMILES string of the molecule is CC(C)S(=O)(=O)N[C@H]1CC[C@H](C(=O)NC2CC2)CC1. The van der Waals surface area contributed by atoms with E-state index in [1.807, 2.05) is 0 Å². The van der Waals surface area contributed by atoms with E-state index < -0.39 is 15.3 Å². The van der Waals surface area contributed by atoms with Crippen molar-refractivity contribution in [3.63, 3.8) is 0 Å². The maximum Gasteiger partial charge on any atom is 0.223 e. The monoisotopic (exact) mass is 288 g/mol. The molecule has 0 saturated heterocycles. The second kappa shape index (κ2) is 5.79. The van der Waals surface area contributed by atoms with Gasteiger partial charge in [-0.25, -0.2) is 13.1 Å². The fraction of sp³-hybridized carbons (Fsp3) is 0.923. The van der Waals surface area contributed by atoms with Gasteiger partial charge in [0.15, 0.2) is 0 Å². The van der Waals surface area contributed by atoms with Crippen LogP contribution in [0.5, 0.6) is 0 Å². The predicted octanol–water partition coefficient (Wildman–Crippen LogP) is 1.15. The van der Waals surface area contributed by atoms with Crippen LogP contribution >= 0.6 is 0 Å². The van der Waals surface area contributed by atoms with Crippen molar-refractivity contribution in [2.75, 3.05) is 0 Å². The average molecular weight is 288 g/mol. The summed E-state index contributed by atoms with van der Waals surface area (Å²) in [5.74, 6) is 0.230. The molecule has 2 aliphatic carbocycles. The van der Waals surface area contributed by atoms with E-state index in [2.05, 4.69) is 10.0 Å². The predicted molar refractivity (Wildman–Crippen MR) is 74.1 cm³/mol. The van der Waals surface area contributed by atoms with Crippen LogP contribution in [0.2, 0.25) is 0 Å². The zero-order chi connectivity index (χ0) is 14.0. The molecule has 0 heterocycles. The zero-order valence-electron chi connectivity index (χ0n) is 11.7. The molecule has 2 fully saturated rings. The topological polar surface area (TPSA) is 75.3 Å². The molecule has 0 bridgehead atoms. The first-order valence-electron chi connectivity index (χ1n) is 7.20. The van der Waals surface area contributed by atoms with E-state index in [9.17, 15) is 13.2 Å². The first kappa shape index (κ1) is 14.8. The molecule has 110 valence electrons. The summed E-state index contributed by atoms with van der Waals surface area (Å²) in [4.78, 5) is 11.9. The molecule has 1 amide bonds. The zero-order valence-corrected chi connectivity index (χ0v) is 12.5. The molecular weight excluding hydrogens is 264 g/mol. The Morgan fingerprint density at radius 1 is 1.00 bits per heavy atom. The average Bonchev–Trinajstić information content (AvgIpc) is 3.13. The molecule has 2 saturated carbocycles. The first-order chi connectivity index (χ1) is 8.88. The Morgan fingerprint density at radius 3 is 2.00 bits per heavy atom. The Hall–Kier alpha value is -0.620. The van der Waals surface area contributed by atoms with Crippen molar-refractivity contribution >= 4 is 15.9 Å². The first-order valence-corrected chi connectivity index (χ1v) is 8.74. The number of sulfonamides is 1. The standard InChI is InChI=1S/C13H24N2O3S/c1-9(2)19(17,18)15-12-5-3-10(4-6-12)13(16)14-11-7-8-11/h9-12,15H,3-8H2,1-2H3,(H,14,16)/t10-,12-. The van der Waals surface area contributed by atoms with Gasteiger partial charge in [-0.1, -0.05) is 0 Å². The van der Waals surface area contributed by atoms with E-state index in [4.69, 9.17) is 0 Å². The summed E-state index contributed by atoms with van der Waals surface area (Å²) in [7, 11) is -3.20. The third-order valence-corrected chi connectivity index (χ3v) is 5.88. The van der Waals surface area contributed by atoms with Gasteiger partial charge in [-0.2, -0.15) is 0 Å². The minimum atomic E-state index is -3.20. The lowest BCUT2D eigenvalue weighted by Crippen LogP contribution is -2.43.